The van der Waals surface area contributed by atoms with Crippen LogP contribution in [0.1, 0.15) is 37.4 Å². The minimum absolute atomic E-state index is 0.266. The number of nitrogens with zero attached hydrogens (tertiary/aromatic N) is 1. The lowest BCUT2D eigenvalue weighted by Crippen LogP contribution is -2.10. The summed E-state index contributed by atoms with van der Waals surface area (Å²) in [5, 5.41) is 0. The Hall–Kier alpha value is -1.57. The smallest absolute Gasteiger partial charge is 0.117 e. The molecule has 2 nitrogen and oxygen atoms in total. The second-order valence-corrected chi connectivity index (χ2v) is 5.10. The van der Waals surface area contributed by atoms with Crippen molar-refractivity contribution in [2.75, 3.05) is 0 Å². The third-order valence-corrected chi connectivity index (χ3v) is 3.68. The normalized spacial score (nSPS) is 25.5. The molecule has 0 amide bonds. The van der Waals surface area contributed by atoms with Crippen molar-refractivity contribution in [2.45, 2.75) is 38.7 Å². The SMILES string of the molecule is CCC/C=C/C1CC2Cc3ncccc3C=C2O1. The minimum atomic E-state index is 0.266. The van der Waals surface area contributed by atoms with E-state index < -0.39 is 0 Å². The van der Waals surface area contributed by atoms with Crippen LogP contribution in [0.5, 0.6) is 0 Å². The van der Waals surface area contributed by atoms with Crippen molar-refractivity contribution < 1.29 is 4.74 Å². The van der Waals surface area contributed by atoms with E-state index in [4.69, 9.17) is 4.74 Å². The van der Waals surface area contributed by atoms with Gasteiger partial charge in [-0.05, 0) is 36.6 Å². The summed E-state index contributed by atoms with van der Waals surface area (Å²) in [7, 11) is 0. The molecule has 1 saturated heterocycles. The van der Waals surface area contributed by atoms with Gasteiger partial charge in [0.2, 0.25) is 0 Å². The molecule has 0 aromatic carbocycles. The number of pyridine rings is 1. The Morgan fingerprint density at radius 2 is 2.44 bits per heavy atom. The van der Waals surface area contributed by atoms with Crippen molar-refractivity contribution >= 4 is 6.08 Å². The first kappa shape index (κ1) is 11.5. The van der Waals surface area contributed by atoms with Gasteiger partial charge in [-0.1, -0.05) is 25.5 Å². The van der Waals surface area contributed by atoms with Crippen molar-refractivity contribution in [2.24, 2.45) is 5.92 Å². The van der Waals surface area contributed by atoms with E-state index >= 15 is 0 Å². The Balaban J connectivity index is 1.74. The number of allylic oxidation sites excluding steroid dienone is 2. The molecule has 0 spiro atoms. The quantitative estimate of drug-likeness (QED) is 0.752. The molecule has 94 valence electrons. The maximum Gasteiger partial charge on any atom is 0.117 e. The molecule has 2 heterocycles. The van der Waals surface area contributed by atoms with Gasteiger partial charge in [0, 0.05) is 24.2 Å². The molecule has 0 radical (unpaired) electrons. The van der Waals surface area contributed by atoms with E-state index in [0.717, 1.165) is 25.0 Å². The van der Waals surface area contributed by atoms with Crippen LogP contribution in [0.2, 0.25) is 0 Å². The second-order valence-electron chi connectivity index (χ2n) is 5.10. The topological polar surface area (TPSA) is 22.1 Å². The van der Waals surface area contributed by atoms with Gasteiger partial charge >= 0.3 is 0 Å². The van der Waals surface area contributed by atoms with E-state index in [-0.39, 0.29) is 6.10 Å². The van der Waals surface area contributed by atoms with Gasteiger partial charge in [0.25, 0.3) is 0 Å². The third kappa shape index (κ3) is 2.20. The number of unbranched alkanes of at least 4 members (excludes halogenated alkanes) is 1. The summed E-state index contributed by atoms with van der Waals surface area (Å²) in [5.74, 6) is 1.69. The Morgan fingerprint density at radius 1 is 1.50 bits per heavy atom. The molecule has 0 saturated carbocycles. The molecule has 1 aromatic heterocycles. The lowest BCUT2D eigenvalue weighted by atomic mass is 9.90. The predicted molar refractivity (Wildman–Crippen MR) is 72.9 cm³/mol. The number of rotatable bonds is 3. The number of aromatic nitrogens is 1. The van der Waals surface area contributed by atoms with E-state index in [0.29, 0.717) is 5.92 Å². The van der Waals surface area contributed by atoms with Crippen molar-refractivity contribution in [3.63, 3.8) is 0 Å². The molecule has 1 fully saturated rings. The molecule has 1 aromatic rings. The Kier molecular flexibility index (Phi) is 3.18. The molecule has 2 atom stereocenters. The van der Waals surface area contributed by atoms with Crippen LogP contribution >= 0.6 is 0 Å². The molecule has 0 bridgehead atoms. The van der Waals surface area contributed by atoms with E-state index in [1.807, 2.05) is 12.3 Å². The van der Waals surface area contributed by atoms with E-state index in [1.165, 1.54) is 17.7 Å². The fourth-order valence-corrected chi connectivity index (χ4v) is 2.72. The molecule has 18 heavy (non-hydrogen) atoms. The van der Waals surface area contributed by atoms with Gasteiger partial charge in [-0.3, -0.25) is 4.98 Å². The molecule has 0 N–H and O–H groups in total. The highest BCUT2D eigenvalue weighted by Gasteiger charge is 2.32. The van der Waals surface area contributed by atoms with Crippen molar-refractivity contribution in [1.82, 2.24) is 4.98 Å². The van der Waals surface area contributed by atoms with Crippen LogP contribution in [0.15, 0.2) is 36.2 Å². The molecule has 2 heteroatoms. The lowest BCUT2D eigenvalue weighted by molar-refractivity contribution is 0.202. The standard InChI is InChI=1S/C16H19NO/c1-2-3-4-7-14-9-13-10-15-12(6-5-8-17-15)11-16(13)18-14/h4-8,11,13-14H,2-3,9-10H2,1H3/b7-4+. The molecule has 3 rings (SSSR count). The zero-order valence-corrected chi connectivity index (χ0v) is 10.8. The van der Waals surface area contributed by atoms with E-state index in [2.05, 4.69) is 36.2 Å². The van der Waals surface area contributed by atoms with Gasteiger partial charge in [0.05, 0.1) is 0 Å². The first-order valence-corrected chi connectivity index (χ1v) is 6.85. The summed E-state index contributed by atoms with van der Waals surface area (Å²) < 4.78 is 6.02. The highest BCUT2D eigenvalue weighted by molar-refractivity contribution is 5.57. The second kappa shape index (κ2) is 4.97. The summed E-state index contributed by atoms with van der Waals surface area (Å²) in [5.41, 5.74) is 2.44. The first-order chi connectivity index (χ1) is 8.86. The van der Waals surface area contributed by atoms with Crippen LogP contribution in [-0.2, 0) is 11.2 Å². The summed E-state index contributed by atoms with van der Waals surface area (Å²) in [4.78, 5) is 4.46. The Bertz CT molecular complexity index is 490. The number of ether oxygens (including phenoxy) is 1. The first-order valence-electron chi connectivity index (χ1n) is 6.85. The molecular formula is C16H19NO. The average Bonchev–Trinajstić information content (AvgIpc) is 2.77. The molecule has 1 aliphatic carbocycles. The summed E-state index contributed by atoms with van der Waals surface area (Å²) in [6, 6.07) is 4.11. The minimum Gasteiger partial charge on any atom is -0.490 e. The van der Waals surface area contributed by atoms with Gasteiger partial charge in [-0.25, -0.2) is 0 Å². The van der Waals surface area contributed by atoms with Crippen LogP contribution in [0.4, 0.5) is 0 Å². The maximum atomic E-state index is 6.02. The van der Waals surface area contributed by atoms with Crippen molar-refractivity contribution in [3.05, 3.63) is 47.5 Å². The van der Waals surface area contributed by atoms with Gasteiger partial charge in [0.1, 0.15) is 11.9 Å². The summed E-state index contributed by atoms with van der Waals surface area (Å²) in [6.07, 6.45) is 13.3. The van der Waals surface area contributed by atoms with E-state index in [9.17, 15) is 0 Å². The van der Waals surface area contributed by atoms with Gasteiger partial charge in [-0.15, -0.1) is 0 Å². The largest absolute Gasteiger partial charge is 0.490 e. The Labute approximate surface area is 108 Å². The van der Waals surface area contributed by atoms with Crippen molar-refractivity contribution in [3.8, 4) is 0 Å². The summed E-state index contributed by atoms with van der Waals surface area (Å²) >= 11 is 0. The highest BCUT2D eigenvalue weighted by Crippen LogP contribution is 2.38. The third-order valence-electron chi connectivity index (χ3n) is 3.68. The van der Waals surface area contributed by atoms with Gasteiger partial charge < -0.3 is 4.74 Å². The number of hydrogen-bond acceptors (Lipinski definition) is 2. The average molecular weight is 241 g/mol. The maximum absolute atomic E-state index is 6.02. The van der Waals surface area contributed by atoms with Gasteiger partial charge in [-0.2, -0.15) is 0 Å². The van der Waals surface area contributed by atoms with Crippen LogP contribution in [0.3, 0.4) is 0 Å². The number of fused-ring (bicyclic) bond motifs is 2. The van der Waals surface area contributed by atoms with Crippen LogP contribution in [-0.4, -0.2) is 11.1 Å². The Morgan fingerprint density at radius 3 is 3.33 bits per heavy atom. The molecule has 2 aliphatic rings. The molecular weight excluding hydrogens is 222 g/mol. The summed E-state index contributed by atoms with van der Waals surface area (Å²) in [6.45, 7) is 2.20. The van der Waals surface area contributed by atoms with E-state index in [1.54, 1.807) is 0 Å². The van der Waals surface area contributed by atoms with Crippen LogP contribution in [0.25, 0.3) is 6.08 Å². The van der Waals surface area contributed by atoms with Gasteiger partial charge in [0.15, 0.2) is 0 Å². The lowest BCUT2D eigenvalue weighted by Gasteiger charge is -2.16. The fraction of sp³-hybridized carbons (Fsp3) is 0.438. The predicted octanol–water partition coefficient (Wildman–Crippen LogP) is 3.74. The zero-order chi connectivity index (χ0) is 12.4. The zero-order valence-electron chi connectivity index (χ0n) is 10.8. The van der Waals surface area contributed by atoms with Crippen LogP contribution < -0.4 is 0 Å². The fourth-order valence-electron chi connectivity index (χ4n) is 2.72. The number of hydrogen-bond donors (Lipinski definition) is 0. The van der Waals surface area contributed by atoms with Crippen molar-refractivity contribution in [1.29, 1.82) is 0 Å². The molecule has 2 unspecified atom stereocenters. The van der Waals surface area contributed by atoms with Crippen LogP contribution in [0, 0.1) is 5.92 Å². The highest BCUT2D eigenvalue weighted by atomic mass is 16.5. The monoisotopic (exact) mass is 241 g/mol. The molecule has 1 aliphatic heterocycles.